The number of thioether (sulfide) groups is 1. The summed E-state index contributed by atoms with van der Waals surface area (Å²) >= 11 is 1.44. The summed E-state index contributed by atoms with van der Waals surface area (Å²) in [5.41, 5.74) is 3.34. The Morgan fingerprint density at radius 2 is 1.89 bits per heavy atom. The third kappa shape index (κ3) is 4.01. The Morgan fingerprint density at radius 3 is 2.63 bits per heavy atom. The maximum atomic E-state index is 13.6. The Kier molecular flexibility index (Phi) is 5.78. The molecule has 2 aromatic carbocycles. The molecule has 8 nitrogen and oxygen atoms in total. The fourth-order valence-corrected chi connectivity index (χ4v) is 7.43. The van der Waals surface area contributed by atoms with Crippen LogP contribution in [0.15, 0.2) is 65.8 Å². The summed E-state index contributed by atoms with van der Waals surface area (Å²) in [4.78, 5) is 35.7. The van der Waals surface area contributed by atoms with Crippen LogP contribution in [0.2, 0.25) is 0 Å². The molecule has 0 radical (unpaired) electrons. The molecule has 1 aromatic heterocycles. The molecule has 3 unspecified atom stereocenters. The largest absolute Gasteiger partial charge is 0.457 e. The molecule has 194 valence electrons. The number of ether oxygens (including phenoxy) is 1. The highest BCUT2D eigenvalue weighted by molar-refractivity contribution is 8.01. The van der Waals surface area contributed by atoms with Crippen molar-refractivity contribution in [2.75, 3.05) is 18.0 Å². The fraction of sp³-hybridized carbons (Fsp3) is 0.345. The Balaban J connectivity index is 1.15. The molecule has 38 heavy (non-hydrogen) atoms. The molecule has 5 aliphatic rings. The Morgan fingerprint density at radius 1 is 1.08 bits per heavy atom. The molecule has 3 aromatic rings. The molecule has 2 N–H and O–H groups in total. The summed E-state index contributed by atoms with van der Waals surface area (Å²) in [6.07, 6.45) is 5.25. The van der Waals surface area contributed by atoms with Gasteiger partial charge in [-0.05, 0) is 74.1 Å². The Hall–Kier alpha value is -3.56. The van der Waals surface area contributed by atoms with E-state index in [2.05, 4.69) is 20.5 Å². The van der Waals surface area contributed by atoms with E-state index in [1.807, 2.05) is 61.5 Å². The van der Waals surface area contributed by atoms with Gasteiger partial charge in [0.1, 0.15) is 21.8 Å². The maximum Gasteiger partial charge on any atom is 0.327 e. The van der Waals surface area contributed by atoms with Crippen molar-refractivity contribution in [2.45, 2.75) is 48.7 Å². The van der Waals surface area contributed by atoms with E-state index in [0.29, 0.717) is 11.7 Å². The van der Waals surface area contributed by atoms with Crippen LogP contribution in [0.25, 0.3) is 0 Å². The van der Waals surface area contributed by atoms with E-state index in [1.54, 1.807) is 11.1 Å². The van der Waals surface area contributed by atoms with Gasteiger partial charge in [-0.1, -0.05) is 30.0 Å². The van der Waals surface area contributed by atoms with Crippen molar-refractivity contribution < 1.29 is 14.3 Å². The van der Waals surface area contributed by atoms with Crippen LogP contribution in [0.5, 0.6) is 11.5 Å². The third-order valence-electron chi connectivity index (χ3n) is 8.11. The number of nitrogens with one attached hydrogen (secondary N) is 2. The minimum atomic E-state index is -0.450. The summed E-state index contributed by atoms with van der Waals surface area (Å²) in [6, 6.07) is 16.5. The van der Waals surface area contributed by atoms with Crippen LogP contribution in [0.1, 0.15) is 36.4 Å². The molecule has 0 spiro atoms. The zero-order valence-electron chi connectivity index (χ0n) is 21.1. The molecule has 5 aliphatic heterocycles. The van der Waals surface area contributed by atoms with Crippen molar-refractivity contribution in [2.24, 2.45) is 5.92 Å². The third-order valence-corrected chi connectivity index (χ3v) is 9.40. The summed E-state index contributed by atoms with van der Waals surface area (Å²) in [5.74, 6) is 2.12. The number of anilines is 2. The van der Waals surface area contributed by atoms with Crippen LogP contribution in [-0.2, 0) is 4.79 Å². The fourth-order valence-electron chi connectivity index (χ4n) is 6.19. The smallest absolute Gasteiger partial charge is 0.327 e. The van der Waals surface area contributed by atoms with Crippen LogP contribution in [-0.4, -0.2) is 46.3 Å². The average Bonchev–Trinajstić information content (AvgIpc) is 3.30. The molecule has 2 bridgehead atoms. The van der Waals surface area contributed by atoms with E-state index < -0.39 is 11.3 Å². The van der Waals surface area contributed by atoms with Gasteiger partial charge in [0.25, 0.3) is 0 Å². The van der Waals surface area contributed by atoms with E-state index in [0.717, 1.165) is 52.8 Å². The van der Waals surface area contributed by atoms with Gasteiger partial charge in [-0.2, -0.15) is 0 Å². The number of amides is 3. The second-order valence-electron chi connectivity index (χ2n) is 10.5. The monoisotopic (exact) mass is 527 g/mol. The van der Waals surface area contributed by atoms with Gasteiger partial charge in [-0.3, -0.25) is 14.6 Å². The van der Waals surface area contributed by atoms with Crippen molar-refractivity contribution in [1.29, 1.82) is 0 Å². The first-order valence-corrected chi connectivity index (χ1v) is 14.1. The number of rotatable bonds is 5. The summed E-state index contributed by atoms with van der Waals surface area (Å²) < 4.78 is 5.98. The van der Waals surface area contributed by atoms with Crippen LogP contribution in [0, 0.1) is 12.8 Å². The molecule has 3 amide bonds. The minimum Gasteiger partial charge on any atom is -0.457 e. The lowest BCUT2D eigenvalue weighted by atomic mass is 9.86. The van der Waals surface area contributed by atoms with Gasteiger partial charge in [-0.25, -0.2) is 9.78 Å². The lowest BCUT2D eigenvalue weighted by Crippen LogP contribution is -2.58. The zero-order valence-corrected chi connectivity index (χ0v) is 21.9. The van der Waals surface area contributed by atoms with Gasteiger partial charge < -0.3 is 15.4 Å². The number of fused-ring (bicyclic) bond motifs is 3. The molecule has 0 saturated carbocycles. The standard InChI is InChI=1S/C29H29N5O3S/c1-17-15-20(37-19-5-3-2-4-6-19)7-8-21(17)34-22-9-12-30-28-24(22)25(32-29(34)36)26(38-28)27(35)31-23-16-18-10-13-33(23)14-11-18/h2-9,12,15,18,23,25-26H,10-11,13-14,16H2,1H3,(H,31,35)(H,32,36). The number of carbonyl (C=O) groups excluding carboxylic acids is 2. The second-order valence-corrected chi connectivity index (χ2v) is 11.6. The highest BCUT2D eigenvalue weighted by atomic mass is 32.2. The lowest BCUT2D eigenvalue weighted by molar-refractivity contribution is -0.124. The maximum absolute atomic E-state index is 13.6. The summed E-state index contributed by atoms with van der Waals surface area (Å²) in [5, 5.41) is 6.76. The average molecular weight is 528 g/mol. The highest BCUT2D eigenvalue weighted by Gasteiger charge is 2.47. The van der Waals surface area contributed by atoms with Gasteiger partial charge >= 0.3 is 6.03 Å². The normalized spacial score (nSPS) is 27.0. The number of hydrogen-bond acceptors (Lipinski definition) is 6. The molecular formula is C29H29N5O3S. The van der Waals surface area contributed by atoms with Crippen molar-refractivity contribution in [1.82, 2.24) is 20.5 Å². The number of aryl methyl sites for hydroxylation is 1. The molecule has 0 aliphatic carbocycles. The lowest BCUT2D eigenvalue weighted by Gasteiger charge is -2.45. The van der Waals surface area contributed by atoms with Gasteiger partial charge in [0.15, 0.2) is 0 Å². The molecule has 3 atom stereocenters. The Bertz CT molecular complexity index is 1410. The van der Waals surface area contributed by atoms with Gasteiger partial charge in [0.2, 0.25) is 5.91 Å². The molecule has 6 heterocycles. The summed E-state index contributed by atoms with van der Waals surface area (Å²) in [7, 11) is 0. The van der Waals surface area contributed by atoms with Crippen LogP contribution in [0.3, 0.4) is 0 Å². The SMILES string of the molecule is Cc1cc(Oc2ccccc2)ccc1N1C(=O)NC2c3c1ccnc3SC2C(=O)NC1CC2CCN1CC2. The first kappa shape index (κ1) is 23.5. The number of aromatic nitrogens is 1. The van der Waals surface area contributed by atoms with Crippen molar-refractivity contribution in [3.63, 3.8) is 0 Å². The number of pyridine rings is 1. The molecule has 8 rings (SSSR count). The van der Waals surface area contributed by atoms with E-state index in [1.165, 1.54) is 24.6 Å². The number of hydrogen-bond donors (Lipinski definition) is 2. The van der Waals surface area contributed by atoms with Crippen LogP contribution >= 0.6 is 11.8 Å². The van der Waals surface area contributed by atoms with Crippen molar-refractivity contribution in [3.05, 3.63) is 71.9 Å². The van der Waals surface area contributed by atoms with Crippen LogP contribution in [0.4, 0.5) is 16.2 Å². The number of para-hydroxylation sites is 1. The minimum absolute atomic E-state index is 0.0335. The quantitative estimate of drug-likeness (QED) is 0.479. The number of benzene rings is 2. The first-order chi connectivity index (χ1) is 18.5. The molecule has 3 fully saturated rings. The molecule has 9 heteroatoms. The molecule has 3 saturated heterocycles. The van der Waals surface area contributed by atoms with Crippen LogP contribution < -0.4 is 20.3 Å². The van der Waals surface area contributed by atoms with E-state index in [-0.39, 0.29) is 18.1 Å². The second kappa shape index (κ2) is 9.32. The summed E-state index contributed by atoms with van der Waals surface area (Å²) in [6.45, 7) is 4.05. The van der Waals surface area contributed by atoms with E-state index >= 15 is 0 Å². The van der Waals surface area contributed by atoms with E-state index in [9.17, 15) is 9.59 Å². The van der Waals surface area contributed by atoms with Gasteiger partial charge in [-0.15, -0.1) is 0 Å². The zero-order chi connectivity index (χ0) is 25.8. The topological polar surface area (TPSA) is 86.8 Å². The highest BCUT2D eigenvalue weighted by Crippen LogP contribution is 2.51. The van der Waals surface area contributed by atoms with E-state index in [4.69, 9.17) is 4.74 Å². The van der Waals surface area contributed by atoms with Gasteiger partial charge in [0, 0.05) is 24.8 Å². The van der Waals surface area contributed by atoms with Crippen molar-refractivity contribution in [3.8, 4) is 11.5 Å². The van der Waals surface area contributed by atoms with Gasteiger partial charge in [0.05, 0.1) is 23.6 Å². The number of nitrogens with zero attached hydrogens (tertiary/aromatic N) is 3. The Labute approximate surface area is 225 Å². The number of urea groups is 1. The predicted octanol–water partition coefficient (Wildman–Crippen LogP) is 5.12. The predicted molar refractivity (Wildman–Crippen MR) is 146 cm³/mol. The first-order valence-electron chi connectivity index (χ1n) is 13.2. The number of carbonyl (C=O) groups is 2. The van der Waals surface area contributed by atoms with Crippen molar-refractivity contribution >= 4 is 35.1 Å². The molecular weight excluding hydrogens is 498 g/mol. The number of piperidine rings is 3.